The normalized spacial score (nSPS) is 29.2. The van der Waals surface area contributed by atoms with Crippen molar-refractivity contribution in [1.82, 2.24) is 0 Å². The van der Waals surface area contributed by atoms with Gasteiger partial charge in [0.25, 0.3) is 0 Å². The van der Waals surface area contributed by atoms with E-state index in [0.717, 1.165) is 12.3 Å². The summed E-state index contributed by atoms with van der Waals surface area (Å²) in [5.41, 5.74) is 10.6. The lowest BCUT2D eigenvalue weighted by Gasteiger charge is -2.12. The fraction of sp³-hybridized carbons (Fsp3) is 0.571. The summed E-state index contributed by atoms with van der Waals surface area (Å²) in [7, 11) is 0. The van der Waals surface area contributed by atoms with Crippen LogP contribution in [-0.4, -0.2) is 5.54 Å². The number of hydrogen-bond acceptors (Lipinski definition) is 1. The fourth-order valence-corrected chi connectivity index (χ4v) is 2.46. The molecule has 0 heterocycles. The van der Waals surface area contributed by atoms with E-state index in [2.05, 4.69) is 39.0 Å². The molecule has 1 aliphatic rings. The van der Waals surface area contributed by atoms with Crippen molar-refractivity contribution in [3.05, 3.63) is 34.9 Å². The van der Waals surface area contributed by atoms with Crippen LogP contribution in [0, 0.1) is 19.8 Å². The Bertz CT molecular complexity index is 370. The monoisotopic (exact) mass is 203 g/mol. The molecule has 0 amide bonds. The van der Waals surface area contributed by atoms with Crippen LogP contribution < -0.4 is 5.73 Å². The van der Waals surface area contributed by atoms with Crippen LogP contribution in [0.2, 0.25) is 0 Å². The average molecular weight is 203 g/mol. The standard InChI is InChI=1S/C14H21N/c1-4-13-9-14(13,15)8-12-6-5-10(2)11(3)7-12/h5-7,13H,4,8-9,15H2,1-3H3. The third-order valence-corrected chi connectivity index (χ3v) is 3.88. The molecule has 0 saturated heterocycles. The summed E-state index contributed by atoms with van der Waals surface area (Å²) in [6.07, 6.45) is 3.48. The van der Waals surface area contributed by atoms with Crippen LogP contribution in [0.25, 0.3) is 0 Å². The first-order valence-corrected chi connectivity index (χ1v) is 5.90. The number of hydrogen-bond donors (Lipinski definition) is 1. The second-order valence-corrected chi connectivity index (χ2v) is 5.14. The van der Waals surface area contributed by atoms with Crippen LogP contribution in [0.3, 0.4) is 0 Å². The first-order chi connectivity index (χ1) is 7.05. The van der Waals surface area contributed by atoms with Crippen molar-refractivity contribution in [3.8, 4) is 0 Å². The van der Waals surface area contributed by atoms with Crippen molar-refractivity contribution < 1.29 is 0 Å². The fourth-order valence-electron chi connectivity index (χ4n) is 2.46. The molecule has 2 unspecified atom stereocenters. The molecule has 0 aliphatic heterocycles. The molecule has 1 aliphatic carbocycles. The van der Waals surface area contributed by atoms with Gasteiger partial charge in [-0.1, -0.05) is 31.5 Å². The quantitative estimate of drug-likeness (QED) is 0.803. The van der Waals surface area contributed by atoms with Gasteiger partial charge in [0.2, 0.25) is 0 Å². The van der Waals surface area contributed by atoms with E-state index < -0.39 is 0 Å². The highest BCUT2D eigenvalue weighted by atomic mass is 14.9. The third kappa shape index (κ3) is 2.07. The number of aryl methyl sites for hydroxylation is 2. The Kier molecular flexibility index (Phi) is 2.59. The highest BCUT2D eigenvalue weighted by Gasteiger charge is 2.48. The first-order valence-electron chi connectivity index (χ1n) is 5.90. The Balaban J connectivity index is 2.09. The van der Waals surface area contributed by atoms with E-state index in [-0.39, 0.29) is 5.54 Å². The molecule has 0 spiro atoms. The highest BCUT2D eigenvalue weighted by molar-refractivity contribution is 5.32. The lowest BCUT2D eigenvalue weighted by Crippen LogP contribution is -2.27. The largest absolute Gasteiger partial charge is 0.325 e. The molecule has 0 bridgehead atoms. The van der Waals surface area contributed by atoms with Gasteiger partial charge < -0.3 is 5.73 Å². The third-order valence-electron chi connectivity index (χ3n) is 3.88. The molecule has 1 heteroatoms. The highest BCUT2D eigenvalue weighted by Crippen LogP contribution is 2.45. The summed E-state index contributed by atoms with van der Waals surface area (Å²) in [5, 5.41) is 0. The maximum absolute atomic E-state index is 6.32. The molecule has 1 nitrogen and oxygen atoms in total. The van der Waals surface area contributed by atoms with Gasteiger partial charge in [-0.05, 0) is 49.3 Å². The maximum Gasteiger partial charge on any atom is 0.0227 e. The van der Waals surface area contributed by atoms with E-state index >= 15 is 0 Å². The summed E-state index contributed by atoms with van der Waals surface area (Å²) < 4.78 is 0. The van der Waals surface area contributed by atoms with Crippen LogP contribution >= 0.6 is 0 Å². The molecule has 0 radical (unpaired) electrons. The zero-order chi connectivity index (χ0) is 11.1. The van der Waals surface area contributed by atoms with Crippen LogP contribution in [0.1, 0.15) is 36.5 Å². The molecule has 82 valence electrons. The molecule has 1 fully saturated rings. The summed E-state index contributed by atoms with van der Waals surface area (Å²) in [6.45, 7) is 6.56. The number of rotatable bonds is 3. The van der Waals surface area contributed by atoms with E-state index in [0.29, 0.717) is 0 Å². The van der Waals surface area contributed by atoms with Gasteiger partial charge in [0.1, 0.15) is 0 Å². The number of nitrogens with two attached hydrogens (primary N) is 1. The van der Waals surface area contributed by atoms with Crippen molar-refractivity contribution in [1.29, 1.82) is 0 Å². The predicted octanol–water partition coefficient (Wildman–Crippen LogP) is 2.97. The summed E-state index contributed by atoms with van der Waals surface area (Å²) >= 11 is 0. The van der Waals surface area contributed by atoms with Crippen molar-refractivity contribution in [2.45, 2.75) is 45.6 Å². The molecular formula is C14H21N. The Morgan fingerprint density at radius 3 is 2.60 bits per heavy atom. The lowest BCUT2D eigenvalue weighted by molar-refractivity contribution is 0.579. The van der Waals surface area contributed by atoms with E-state index in [9.17, 15) is 0 Å². The Morgan fingerprint density at radius 1 is 1.33 bits per heavy atom. The van der Waals surface area contributed by atoms with E-state index in [1.165, 1.54) is 29.5 Å². The zero-order valence-electron chi connectivity index (χ0n) is 10.0. The van der Waals surface area contributed by atoms with E-state index in [4.69, 9.17) is 5.73 Å². The minimum absolute atomic E-state index is 0.108. The van der Waals surface area contributed by atoms with Gasteiger partial charge >= 0.3 is 0 Å². The minimum Gasteiger partial charge on any atom is -0.325 e. The average Bonchev–Trinajstić information content (AvgIpc) is 2.83. The van der Waals surface area contributed by atoms with Crippen molar-refractivity contribution >= 4 is 0 Å². The summed E-state index contributed by atoms with van der Waals surface area (Å²) in [6, 6.07) is 6.72. The van der Waals surface area contributed by atoms with Crippen LogP contribution in [-0.2, 0) is 6.42 Å². The molecule has 1 saturated carbocycles. The molecule has 1 aromatic rings. The van der Waals surface area contributed by atoms with Gasteiger partial charge in [0, 0.05) is 5.54 Å². The molecular weight excluding hydrogens is 182 g/mol. The lowest BCUT2D eigenvalue weighted by atomic mass is 9.98. The van der Waals surface area contributed by atoms with E-state index in [1.54, 1.807) is 0 Å². The summed E-state index contributed by atoms with van der Waals surface area (Å²) in [5.74, 6) is 0.749. The Hall–Kier alpha value is -0.820. The second-order valence-electron chi connectivity index (χ2n) is 5.14. The molecule has 1 aromatic carbocycles. The smallest absolute Gasteiger partial charge is 0.0227 e. The van der Waals surface area contributed by atoms with Gasteiger partial charge in [0.15, 0.2) is 0 Å². The maximum atomic E-state index is 6.32. The first kappa shape index (κ1) is 10.7. The molecule has 15 heavy (non-hydrogen) atoms. The van der Waals surface area contributed by atoms with Crippen LogP contribution in [0.15, 0.2) is 18.2 Å². The Labute approximate surface area is 92.7 Å². The topological polar surface area (TPSA) is 26.0 Å². The van der Waals surface area contributed by atoms with Crippen LogP contribution in [0.5, 0.6) is 0 Å². The van der Waals surface area contributed by atoms with Crippen molar-refractivity contribution in [3.63, 3.8) is 0 Å². The number of benzene rings is 1. The molecule has 0 aromatic heterocycles. The van der Waals surface area contributed by atoms with Gasteiger partial charge in [0.05, 0.1) is 0 Å². The summed E-state index contributed by atoms with van der Waals surface area (Å²) in [4.78, 5) is 0. The van der Waals surface area contributed by atoms with Crippen LogP contribution in [0.4, 0.5) is 0 Å². The molecule has 2 atom stereocenters. The Morgan fingerprint density at radius 2 is 2.07 bits per heavy atom. The molecule has 2 N–H and O–H groups in total. The zero-order valence-corrected chi connectivity index (χ0v) is 10.0. The van der Waals surface area contributed by atoms with E-state index in [1.807, 2.05) is 0 Å². The SMILES string of the molecule is CCC1CC1(N)Cc1ccc(C)c(C)c1. The van der Waals surface area contributed by atoms with Crippen molar-refractivity contribution in [2.24, 2.45) is 11.7 Å². The second kappa shape index (κ2) is 3.64. The van der Waals surface area contributed by atoms with Gasteiger partial charge in [-0.3, -0.25) is 0 Å². The van der Waals surface area contributed by atoms with Crippen molar-refractivity contribution in [2.75, 3.05) is 0 Å². The minimum atomic E-state index is 0.108. The van der Waals surface area contributed by atoms with Gasteiger partial charge in [-0.2, -0.15) is 0 Å². The van der Waals surface area contributed by atoms with Gasteiger partial charge in [-0.25, -0.2) is 0 Å². The predicted molar refractivity (Wildman–Crippen MR) is 64.9 cm³/mol. The molecule has 2 rings (SSSR count). The van der Waals surface area contributed by atoms with Gasteiger partial charge in [-0.15, -0.1) is 0 Å².